The van der Waals surface area contributed by atoms with Gasteiger partial charge in [-0.3, -0.25) is 0 Å². The maximum atomic E-state index is 3.74. The molecule has 1 spiro atoms. The first-order valence-corrected chi connectivity index (χ1v) is 8.71. The molecule has 4 unspecified atom stereocenters. The number of likely N-dealkylation sites (tertiary alicyclic amines) is 1. The molecule has 1 nitrogen and oxygen atoms in total. The Labute approximate surface area is 135 Å². The van der Waals surface area contributed by atoms with E-state index in [9.17, 15) is 0 Å². The summed E-state index contributed by atoms with van der Waals surface area (Å²) in [6.07, 6.45) is 2.68. The second-order valence-corrected chi connectivity index (χ2v) is 8.74. The highest BCUT2D eigenvalue weighted by molar-refractivity contribution is 5.47. The molecule has 0 amide bonds. The molecule has 1 saturated carbocycles. The minimum atomic E-state index is 0.105. The van der Waals surface area contributed by atoms with Crippen LogP contribution in [0.2, 0.25) is 0 Å². The van der Waals surface area contributed by atoms with Crippen LogP contribution in [0.1, 0.15) is 50.7 Å². The van der Waals surface area contributed by atoms with Gasteiger partial charge in [0, 0.05) is 29.8 Å². The van der Waals surface area contributed by atoms with E-state index in [1.54, 1.807) is 11.1 Å². The van der Waals surface area contributed by atoms with Crippen molar-refractivity contribution < 1.29 is 0 Å². The van der Waals surface area contributed by atoms with E-state index in [-0.39, 0.29) is 5.41 Å². The third-order valence-electron chi connectivity index (χ3n) is 6.05. The van der Waals surface area contributed by atoms with E-state index in [0.717, 1.165) is 5.92 Å². The lowest BCUT2D eigenvalue weighted by molar-refractivity contribution is 0.145. The first-order valence-electron chi connectivity index (χ1n) is 8.71. The molecule has 0 N–H and O–H groups in total. The fourth-order valence-corrected chi connectivity index (χ4v) is 5.31. The highest BCUT2D eigenvalue weighted by atomic mass is 15.1. The molecular formula is C21H27N. The minimum absolute atomic E-state index is 0.105. The summed E-state index contributed by atoms with van der Waals surface area (Å²) < 4.78 is 0. The van der Waals surface area contributed by atoms with Gasteiger partial charge in [0.1, 0.15) is 0 Å². The normalized spacial score (nSPS) is 36.5. The molecule has 3 aliphatic carbocycles. The third kappa shape index (κ3) is 1.97. The van der Waals surface area contributed by atoms with Gasteiger partial charge in [-0.25, -0.2) is 0 Å². The number of rotatable bonds is 0. The van der Waals surface area contributed by atoms with Gasteiger partial charge in [-0.2, -0.15) is 0 Å². The van der Waals surface area contributed by atoms with Crippen LogP contribution in [0.25, 0.3) is 0 Å². The predicted molar refractivity (Wildman–Crippen MR) is 91.8 cm³/mol. The van der Waals surface area contributed by atoms with E-state index in [1.165, 1.54) is 25.9 Å². The van der Waals surface area contributed by atoms with E-state index >= 15 is 0 Å². The van der Waals surface area contributed by atoms with Crippen molar-refractivity contribution in [1.82, 2.24) is 4.90 Å². The number of hydrogen-bond donors (Lipinski definition) is 0. The Kier molecular flexibility index (Phi) is 3.01. The van der Waals surface area contributed by atoms with Crippen molar-refractivity contribution in [3.8, 4) is 11.8 Å². The summed E-state index contributed by atoms with van der Waals surface area (Å²) in [5, 5.41) is 0. The quantitative estimate of drug-likeness (QED) is 0.653. The smallest absolute Gasteiger partial charge is 0.0321 e. The van der Waals surface area contributed by atoms with Crippen molar-refractivity contribution in [2.75, 3.05) is 20.1 Å². The Balaban J connectivity index is 1.85. The van der Waals surface area contributed by atoms with Crippen molar-refractivity contribution in [1.29, 1.82) is 0 Å². The molecule has 2 fully saturated rings. The molecule has 4 atom stereocenters. The maximum Gasteiger partial charge on any atom is 0.0321 e. The van der Waals surface area contributed by atoms with Gasteiger partial charge in [0.2, 0.25) is 0 Å². The Hall–Kier alpha value is -1.26. The van der Waals surface area contributed by atoms with Crippen LogP contribution in [0.3, 0.4) is 0 Å². The first-order chi connectivity index (χ1) is 10.4. The highest BCUT2D eigenvalue weighted by Crippen LogP contribution is 2.61. The van der Waals surface area contributed by atoms with E-state index in [1.807, 2.05) is 0 Å². The van der Waals surface area contributed by atoms with Crippen LogP contribution in [-0.4, -0.2) is 25.0 Å². The van der Waals surface area contributed by atoms with Crippen LogP contribution >= 0.6 is 0 Å². The van der Waals surface area contributed by atoms with Crippen LogP contribution in [0.5, 0.6) is 0 Å². The number of fused-ring (bicyclic) bond motifs is 1. The summed E-state index contributed by atoms with van der Waals surface area (Å²) in [6.45, 7) is 9.12. The van der Waals surface area contributed by atoms with Gasteiger partial charge in [0.05, 0.1) is 0 Å². The van der Waals surface area contributed by atoms with Crippen molar-refractivity contribution >= 4 is 0 Å². The van der Waals surface area contributed by atoms with Crippen molar-refractivity contribution in [3.63, 3.8) is 0 Å². The van der Waals surface area contributed by atoms with Crippen LogP contribution in [0.15, 0.2) is 24.3 Å². The zero-order chi connectivity index (χ0) is 15.5. The van der Waals surface area contributed by atoms with Crippen molar-refractivity contribution in [2.24, 2.45) is 17.3 Å². The Morgan fingerprint density at radius 2 is 2.00 bits per heavy atom. The molecule has 1 aliphatic heterocycles. The second-order valence-electron chi connectivity index (χ2n) is 8.74. The third-order valence-corrected chi connectivity index (χ3v) is 6.05. The largest absolute Gasteiger partial charge is 0.305 e. The van der Waals surface area contributed by atoms with E-state index in [2.05, 4.69) is 68.8 Å². The van der Waals surface area contributed by atoms with Crippen molar-refractivity contribution in [2.45, 2.75) is 44.9 Å². The van der Waals surface area contributed by atoms with Crippen LogP contribution in [0, 0.1) is 29.1 Å². The number of hydrogen-bond acceptors (Lipinski definition) is 1. The highest BCUT2D eigenvalue weighted by Gasteiger charge is 2.58. The number of nitrogens with zero attached hydrogens (tertiary/aromatic N) is 1. The molecule has 2 bridgehead atoms. The van der Waals surface area contributed by atoms with Crippen LogP contribution in [-0.2, 0) is 5.41 Å². The molecule has 1 saturated heterocycles. The molecule has 5 rings (SSSR count). The molecular weight excluding hydrogens is 266 g/mol. The molecule has 22 heavy (non-hydrogen) atoms. The lowest BCUT2D eigenvalue weighted by Crippen LogP contribution is -2.50. The topological polar surface area (TPSA) is 3.24 Å². The SMILES string of the molecule is CN1CC2C(C#CC(C)(C)C)C3CCC2(C1)c1ccccc13. The van der Waals surface area contributed by atoms with Crippen LogP contribution in [0.4, 0.5) is 0 Å². The predicted octanol–water partition coefficient (Wildman–Crippen LogP) is 4.04. The monoisotopic (exact) mass is 293 g/mol. The summed E-state index contributed by atoms with van der Waals surface area (Å²) in [5.74, 6) is 9.24. The lowest BCUT2D eigenvalue weighted by Gasteiger charge is -2.53. The lowest BCUT2D eigenvalue weighted by atomic mass is 9.50. The summed E-state index contributed by atoms with van der Waals surface area (Å²) in [4.78, 5) is 2.54. The van der Waals surface area contributed by atoms with Gasteiger partial charge in [0.15, 0.2) is 0 Å². The fourth-order valence-electron chi connectivity index (χ4n) is 5.31. The van der Waals surface area contributed by atoms with Gasteiger partial charge in [-0.15, -0.1) is 0 Å². The van der Waals surface area contributed by atoms with E-state index < -0.39 is 0 Å². The zero-order valence-electron chi connectivity index (χ0n) is 14.3. The average molecular weight is 293 g/mol. The number of likely N-dealkylation sites (N-methyl/N-ethyl adjacent to an activating group) is 1. The van der Waals surface area contributed by atoms with Crippen LogP contribution < -0.4 is 0 Å². The van der Waals surface area contributed by atoms with Gasteiger partial charge < -0.3 is 4.90 Å². The summed E-state index contributed by atoms with van der Waals surface area (Å²) in [7, 11) is 2.29. The molecule has 116 valence electrons. The average Bonchev–Trinajstić information content (AvgIpc) is 2.81. The molecule has 0 radical (unpaired) electrons. The molecule has 1 heteroatoms. The molecule has 1 heterocycles. The Morgan fingerprint density at radius 1 is 1.23 bits per heavy atom. The van der Waals surface area contributed by atoms with Gasteiger partial charge in [-0.05, 0) is 63.6 Å². The summed E-state index contributed by atoms with van der Waals surface area (Å²) in [5.41, 5.74) is 3.73. The molecule has 4 aliphatic rings. The van der Waals surface area contributed by atoms with Gasteiger partial charge in [0.25, 0.3) is 0 Å². The van der Waals surface area contributed by atoms with Gasteiger partial charge in [-0.1, -0.05) is 36.1 Å². The van der Waals surface area contributed by atoms with E-state index in [4.69, 9.17) is 0 Å². The minimum Gasteiger partial charge on any atom is -0.305 e. The summed E-state index contributed by atoms with van der Waals surface area (Å²) in [6, 6.07) is 9.24. The maximum absolute atomic E-state index is 3.74. The second kappa shape index (κ2) is 4.62. The molecule has 1 aromatic carbocycles. The van der Waals surface area contributed by atoms with Gasteiger partial charge >= 0.3 is 0 Å². The molecule has 0 aromatic heterocycles. The zero-order valence-corrected chi connectivity index (χ0v) is 14.3. The standard InChI is InChI=1S/C21H27N/c1-20(2,3)11-9-17-15-10-12-21(14-22(4)13-19(17)21)18-8-6-5-7-16(15)18/h5-8,15,17,19H,10,12-14H2,1-4H3. The Bertz CT molecular complexity index is 656. The van der Waals surface area contributed by atoms with Crippen molar-refractivity contribution in [3.05, 3.63) is 35.4 Å². The fraction of sp³-hybridized carbons (Fsp3) is 0.619. The molecule has 1 aromatic rings. The summed E-state index contributed by atoms with van der Waals surface area (Å²) >= 11 is 0. The first kappa shape index (κ1) is 14.3. The number of benzene rings is 1. The Morgan fingerprint density at radius 3 is 2.77 bits per heavy atom. The van der Waals surface area contributed by atoms with E-state index in [0.29, 0.717) is 17.3 Å².